The van der Waals surface area contributed by atoms with Crippen molar-refractivity contribution >= 4 is 15.9 Å². The number of nitrogens with one attached hydrogen (secondary N) is 1. The number of unbranched alkanes of at least 4 members (excludes halogenated alkanes) is 2. The third-order valence-corrected chi connectivity index (χ3v) is 5.30. The Hall–Kier alpha value is -1.40. The van der Waals surface area contributed by atoms with Crippen LogP contribution in [-0.4, -0.2) is 38.8 Å². The summed E-state index contributed by atoms with van der Waals surface area (Å²) >= 11 is 0. The molecule has 0 radical (unpaired) electrons. The average molecular weight is 326 g/mol. The van der Waals surface area contributed by atoms with E-state index in [9.17, 15) is 13.2 Å². The Kier molecular flexibility index (Phi) is 7.03. The van der Waals surface area contributed by atoms with Crippen LogP contribution in [0.2, 0.25) is 0 Å². The lowest BCUT2D eigenvalue weighted by atomic mass is 10.1. The molecular formula is C16H26N2O3S. The van der Waals surface area contributed by atoms with Gasteiger partial charge in [-0.3, -0.25) is 4.79 Å². The maximum Gasteiger partial charge on any atom is 0.251 e. The summed E-state index contributed by atoms with van der Waals surface area (Å²) in [6, 6.07) is 6.21. The minimum atomic E-state index is -3.53. The van der Waals surface area contributed by atoms with Gasteiger partial charge in [-0.05, 0) is 31.5 Å². The van der Waals surface area contributed by atoms with Gasteiger partial charge in [0, 0.05) is 25.7 Å². The lowest BCUT2D eigenvalue weighted by Crippen LogP contribution is -2.32. The minimum Gasteiger partial charge on any atom is -0.350 e. The van der Waals surface area contributed by atoms with Crippen LogP contribution < -0.4 is 5.32 Å². The van der Waals surface area contributed by atoms with Crippen molar-refractivity contribution in [2.75, 3.05) is 14.1 Å². The van der Waals surface area contributed by atoms with Crippen molar-refractivity contribution in [3.8, 4) is 0 Å². The Morgan fingerprint density at radius 2 is 1.95 bits per heavy atom. The highest BCUT2D eigenvalue weighted by molar-refractivity contribution is 7.89. The van der Waals surface area contributed by atoms with Crippen molar-refractivity contribution in [1.29, 1.82) is 0 Å². The smallest absolute Gasteiger partial charge is 0.251 e. The first-order valence-electron chi connectivity index (χ1n) is 7.62. The Morgan fingerprint density at radius 3 is 2.55 bits per heavy atom. The predicted molar refractivity (Wildman–Crippen MR) is 88.4 cm³/mol. The molecule has 6 heteroatoms. The van der Waals surface area contributed by atoms with Gasteiger partial charge in [0.15, 0.2) is 0 Å². The number of carbonyl (C=O) groups is 1. The van der Waals surface area contributed by atoms with E-state index in [2.05, 4.69) is 12.2 Å². The molecule has 0 aliphatic heterocycles. The monoisotopic (exact) mass is 326 g/mol. The summed E-state index contributed by atoms with van der Waals surface area (Å²) < 4.78 is 25.3. The molecule has 0 aliphatic rings. The number of rotatable bonds is 8. The van der Waals surface area contributed by atoms with E-state index in [1.807, 2.05) is 6.92 Å². The molecule has 1 amide bonds. The van der Waals surface area contributed by atoms with Gasteiger partial charge in [-0.1, -0.05) is 32.3 Å². The molecule has 0 saturated carbocycles. The zero-order chi connectivity index (χ0) is 16.8. The van der Waals surface area contributed by atoms with E-state index >= 15 is 0 Å². The molecule has 0 unspecified atom stereocenters. The number of amides is 1. The lowest BCUT2D eigenvalue weighted by molar-refractivity contribution is 0.0937. The van der Waals surface area contributed by atoms with Crippen molar-refractivity contribution in [3.63, 3.8) is 0 Å². The van der Waals surface area contributed by atoms with E-state index in [1.165, 1.54) is 26.2 Å². The number of nitrogens with zero attached hydrogens (tertiary/aromatic N) is 1. The highest BCUT2D eigenvalue weighted by Gasteiger charge is 2.19. The van der Waals surface area contributed by atoms with Gasteiger partial charge < -0.3 is 5.32 Å². The summed E-state index contributed by atoms with van der Waals surface area (Å²) in [5.41, 5.74) is 0.366. The van der Waals surface area contributed by atoms with E-state index in [-0.39, 0.29) is 16.8 Å². The Morgan fingerprint density at radius 1 is 1.27 bits per heavy atom. The Labute approximate surface area is 133 Å². The van der Waals surface area contributed by atoms with Crippen LogP contribution in [0.1, 0.15) is 49.9 Å². The van der Waals surface area contributed by atoms with Gasteiger partial charge in [0.25, 0.3) is 5.91 Å². The third-order valence-electron chi connectivity index (χ3n) is 3.49. The molecule has 124 valence electrons. The van der Waals surface area contributed by atoms with Crippen molar-refractivity contribution in [1.82, 2.24) is 9.62 Å². The Balaban J connectivity index is 2.79. The maximum atomic E-state index is 12.2. The van der Waals surface area contributed by atoms with Crippen molar-refractivity contribution < 1.29 is 13.2 Å². The first kappa shape index (κ1) is 18.6. The van der Waals surface area contributed by atoms with Gasteiger partial charge in [-0.2, -0.15) is 0 Å². The predicted octanol–water partition coefficient (Wildman–Crippen LogP) is 2.64. The highest BCUT2D eigenvalue weighted by atomic mass is 32.2. The maximum absolute atomic E-state index is 12.2. The minimum absolute atomic E-state index is 0.0770. The van der Waals surface area contributed by atoms with E-state index in [4.69, 9.17) is 0 Å². The van der Waals surface area contributed by atoms with Gasteiger partial charge in [-0.15, -0.1) is 0 Å². The SMILES string of the molecule is CCCCC[C@@H](C)NC(=O)c1cccc(S(=O)(=O)N(C)C)c1. The molecule has 22 heavy (non-hydrogen) atoms. The van der Waals surface area contributed by atoms with Crippen molar-refractivity contribution in [2.45, 2.75) is 50.5 Å². The first-order chi connectivity index (χ1) is 10.3. The molecule has 1 atom stereocenters. The van der Waals surface area contributed by atoms with E-state index in [0.29, 0.717) is 5.56 Å². The first-order valence-corrected chi connectivity index (χ1v) is 9.06. The molecule has 1 rings (SSSR count). The number of benzene rings is 1. The van der Waals surface area contributed by atoms with Crippen LogP contribution in [0.5, 0.6) is 0 Å². The van der Waals surface area contributed by atoms with Crippen LogP contribution in [0.3, 0.4) is 0 Å². The zero-order valence-electron chi connectivity index (χ0n) is 13.8. The molecule has 0 saturated heterocycles. The lowest BCUT2D eigenvalue weighted by Gasteiger charge is -2.15. The summed E-state index contributed by atoms with van der Waals surface area (Å²) in [4.78, 5) is 12.3. The van der Waals surface area contributed by atoms with Crippen LogP contribution in [0.15, 0.2) is 29.2 Å². The fraction of sp³-hybridized carbons (Fsp3) is 0.562. The largest absolute Gasteiger partial charge is 0.350 e. The number of sulfonamides is 1. The molecular weight excluding hydrogens is 300 g/mol. The average Bonchev–Trinajstić information content (AvgIpc) is 2.47. The molecule has 5 nitrogen and oxygen atoms in total. The summed E-state index contributed by atoms with van der Waals surface area (Å²) in [5.74, 6) is -0.236. The Bertz CT molecular complexity index is 597. The fourth-order valence-electron chi connectivity index (χ4n) is 2.09. The van der Waals surface area contributed by atoms with Crippen LogP contribution in [0.4, 0.5) is 0 Å². The van der Waals surface area contributed by atoms with Gasteiger partial charge >= 0.3 is 0 Å². The molecule has 0 heterocycles. The molecule has 1 aromatic carbocycles. The van der Waals surface area contributed by atoms with Crippen molar-refractivity contribution in [3.05, 3.63) is 29.8 Å². The molecule has 0 aliphatic carbocycles. The van der Waals surface area contributed by atoms with Crippen LogP contribution in [0.25, 0.3) is 0 Å². The molecule has 0 fully saturated rings. The van der Waals surface area contributed by atoms with E-state index in [1.54, 1.807) is 12.1 Å². The number of hydrogen-bond acceptors (Lipinski definition) is 3. The quantitative estimate of drug-likeness (QED) is 0.747. The molecule has 0 aromatic heterocycles. The topological polar surface area (TPSA) is 66.5 Å². The molecule has 0 bridgehead atoms. The molecule has 0 spiro atoms. The van der Waals surface area contributed by atoms with Gasteiger partial charge in [0.1, 0.15) is 0 Å². The van der Waals surface area contributed by atoms with E-state index < -0.39 is 10.0 Å². The summed E-state index contributed by atoms with van der Waals surface area (Å²) in [6.45, 7) is 4.11. The van der Waals surface area contributed by atoms with Gasteiger partial charge in [0.05, 0.1) is 4.90 Å². The second kappa shape index (κ2) is 8.29. The summed E-state index contributed by atoms with van der Waals surface area (Å²) in [7, 11) is -0.585. The second-order valence-electron chi connectivity index (χ2n) is 5.69. The summed E-state index contributed by atoms with van der Waals surface area (Å²) in [6.07, 6.45) is 4.30. The van der Waals surface area contributed by atoms with Gasteiger partial charge in [0.2, 0.25) is 10.0 Å². The molecule has 1 aromatic rings. The summed E-state index contributed by atoms with van der Waals surface area (Å²) in [5, 5.41) is 2.92. The number of hydrogen-bond donors (Lipinski definition) is 1. The van der Waals surface area contributed by atoms with Crippen LogP contribution >= 0.6 is 0 Å². The molecule has 1 N–H and O–H groups in total. The number of carbonyl (C=O) groups excluding carboxylic acids is 1. The highest BCUT2D eigenvalue weighted by Crippen LogP contribution is 2.15. The standard InChI is InChI=1S/C16H26N2O3S/c1-5-6-7-9-13(2)17-16(19)14-10-8-11-15(12-14)22(20,21)18(3)4/h8,10-13H,5-7,9H2,1-4H3,(H,17,19)/t13-/m1/s1. The van der Waals surface area contributed by atoms with Crippen LogP contribution in [0, 0.1) is 0 Å². The zero-order valence-corrected chi connectivity index (χ0v) is 14.6. The van der Waals surface area contributed by atoms with Crippen LogP contribution in [-0.2, 0) is 10.0 Å². The van der Waals surface area contributed by atoms with Gasteiger partial charge in [-0.25, -0.2) is 12.7 Å². The normalized spacial score (nSPS) is 13.1. The van der Waals surface area contributed by atoms with E-state index in [0.717, 1.165) is 30.0 Å². The van der Waals surface area contributed by atoms with Crippen molar-refractivity contribution in [2.24, 2.45) is 0 Å². The second-order valence-corrected chi connectivity index (χ2v) is 7.84. The third kappa shape index (κ3) is 5.10. The fourth-order valence-corrected chi connectivity index (χ4v) is 3.04.